The molecule has 1 aliphatic heterocycles. The van der Waals surface area contributed by atoms with E-state index in [-0.39, 0.29) is 18.7 Å². The van der Waals surface area contributed by atoms with Crippen molar-refractivity contribution in [2.75, 3.05) is 31.6 Å². The van der Waals surface area contributed by atoms with Crippen molar-refractivity contribution in [2.45, 2.75) is 38.8 Å². The molecule has 1 aromatic heterocycles. The van der Waals surface area contributed by atoms with Crippen molar-refractivity contribution in [3.8, 4) is 0 Å². The molecule has 3 rings (SSSR count). The van der Waals surface area contributed by atoms with Crippen molar-refractivity contribution in [2.24, 2.45) is 0 Å². The standard InChI is InChI=1S/C21H29N3O3/c1-16(2)18-3-5-19(6-4-18)22-21(26)24-10-9-23(20(14-24)7-11-25)13-17-8-12-27-15-17/h3-6,8,12,15-16,20,25H,7,9-11,13-14H2,1-2H3,(H,22,26)/t20-/m1/s1. The van der Waals surface area contributed by atoms with Crippen LogP contribution in [0.1, 0.15) is 37.3 Å². The highest BCUT2D eigenvalue weighted by Crippen LogP contribution is 2.20. The van der Waals surface area contributed by atoms with Gasteiger partial charge < -0.3 is 19.7 Å². The molecule has 0 spiro atoms. The quantitative estimate of drug-likeness (QED) is 0.815. The Morgan fingerprint density at radius 1 is 1.26 bits per heavy atom. The molecule has 2 aromatic rings. The van der Waals surface area contributed by atoms with Gasteiger partial charge in [-0.15, -0.1) is 0 Å². The molecule has 0 unspecified atom stereocenters. The largest absolute Gasteiger partial charge is 0.472 e. The van der Waals surface area contributed by atoms with Gasteiger partial charge in [0.05, 0.1) is 12.5 Å². The normalized spacial score (nSPS) is 18.1. The van der Waals surface area contributed by atoms with E-state index in [0.29, 0.717) is 25.4 Å². The van der Waals surface area contributed by atoms with Crippen LogP contribution in [0.15, 0.2) is 47.3 Å². The third-order valence-corrected chi connectivity index (χ3v) is 5.15. The van der Waals surface area contributed by atoms with Crippen molar-refractivity contribution in [1.29, 1.82) is 0 Å². The maximum atomic E-state index is 12.7. The Kier molecular flexibility index (Phi) is 6.53. The van der Waals surface area contributed by atoms with Gasteiger partial charge in [0, 0.05) is 50.1 Å². The number of nitrogens with one attached hydrogen (secondary N) is 1. The number of piperazine rings is 1. The smallest absolute Gasteiger partial charge is 0.321 e. The maximum Gasteiger partial charge on any atom is 0.321 e. The summed E-state index contributed by atoms with van der Waals surface area (Å²) >= 11 is 0. The van der Waals surface area contributed by atoms with Crippen LogP contribution < -0.4 is 5.32 Å². The number of benzene rings is 1. The molecule has 2 heterocycles. The first kappa shape index (κ1) is 19.5. The van der Waals surface area contributed by atoms with Gasteiger partial charge in [0.1, 0.15) is 0 Å². The van der Waals surface area contributed by atoms with Crippen molar-refractivity contribution in [3.63, 3.8) is 0 Å². The summed E-state index contributed by atoms with van der Waals surface area (Å²) in [6.45, 7) is 7.22. The lowest BCUT2D eigenvalue weighted by Gasteiger charge is -2.41. The Morgan fingerprint density at radius 2 is 2.04 bits per heavy atom. The number of aliphatic hydroxyl groups excluding tert-OH is 1. The number of urea groups is 1. The van der Waals surface area contributed by atoms with E-state index in [1.807, 2.05) is 23.1 Å². The van der Waals surface area contributed by atoms with E-state index in [2.05, 4.69) is 36.2 Å². The monoisotopic (exact) mass is 371 g/mol. The number of hydrogen-bond acceptors (Lipinski definition) is 4. The summed E-state index contributed by atoms with van der Waals surface area (Å²) in [7, 11) is 0. The molecule has 1 aliphatic rings. The average Bonchev–Trinajstić information content (AvgIpc) is 3.17. The fourth-order valence-corrected chi connectivity index (χ4v) is 3.48. The van der Waals surface area contributed by atoms with Crippen LogP contribution in [0.2, 0.25) is 0 Å². The lowest BCUT2D eigenvalue weighted by Crippen LogP contribution is -2.55. The Morgan fingerprint density at radius 3 is 2.67 bits per heavy atom. The zero-order valence-electron chi connectivity index (χ0n) is 16.1. The minimum absolute atomic E-state index is 0.0850. The van der Waals surface area contributed by atoms with Crippen molar-refractivity contribution >= 4 is 11.7 Å². The molecule has 6 nitrogen and oxygen atoms in total. The summed E-state index contributed by atoms with van der Waals surface area (Å²) in [5.74, 6) is 0.470. The van der Waals surface area contributed by atoms with Crippen molar-refractivity contribution < 1.29 is 14.3 Å². The number of hydrogen-bond donors (Lipinski definition) is 2. The Labute approximate surface area is 160 Å². The maximum absolute atomic E-state index is 12.7. The molecule has 2 amide bonds. The molecule has 146 valence electrons. The van der Waals surface area contributed by atoms with Crippen LogP contribution in [-0.4, -0.2) is 53.2 Å². The van der Waals surface area contributed by atoms with E-state index in [1.165, 1.54) is 5.56 Å². The van der Waals surface area contributed by atoms with Crippen LogP contribution in [0, 0.1) is 0 Å². The Hall–Kier alpha value is -2.31. The summed E-state index contributed by atoms with van der Waals surface area (Å²) in [6, 6.07) is 10.0. The lowest BCUT2D eigenvalue weighted by molar-refractivity contribution is 0.0717. The predicted molar refractivity (Wildman–Crippen MR) is 106 cm³/mol. The zero-order valence-corrected chi connectivity index (χ0v) is 16.1. The minimum atomic E-state index is -0.0850. The molecule has 1 atom stereocenters. The van der Waals surface area contributed by atoms with Crippen molar-refractivity contribution in [1.82, 2.24) is 9.80 Å². The lowest BCUT2D eigenvalue weighted by atomic mass is 10.0. The van der Waals surface area contributed by atoms with Gasteiger partial charge in [-0.3, -0.25) is 4.90 Å². The first-order valence-electron chi connectivity index (χ1n) is 9.58. The first-order valence-corrected chi connectivity index (χ1v) is 9.58. The van der Waals surface area contributed by atoms with Gasteiger partial charge in [-0.25, -0.2) is 4.79 Å². The molecule has 0 saturated carbocycles. The molecular formula is C21H29N3O3. The number of carbonyl (C=O) groups excluding carboxylic acids is 1. The molecule has 0 bridgehead atoms. The number of rotatable bonds is 6. The number of nitrogens with zero attached hydrogens (tertiary/aromatic N) is 2. The summed E-state index contributed by atoms with van der Waals surface area (Å²) < 4.78 is 5.15. The molecule has 1 saturated heterocycles. The second-order valence-corrected chi connectivity index (χ2v) is 7.42. The fraction of sp³-hybridized carbons (Fsp3) is 0.476. The highest BCUT2D eigenvalue weighted by Gasteiger charge is 2.29. The third-order valence-electron chi connectivity index (χ3n) is 5.15. The predicted octanol–water partition coefficient (Wildman–Crippen LogP) is 3.50. The van der Waals surface area contributed by atoms with E-state index in [0.717, 1.165) is 24.3 Å². The van der Waals surface area contributed by atoms with Crippen LogP contribution in [0.3, 0.4) is 0 Å². The van der Waals surface area contributed by atoms with Gasteiger partial charge in [0.25, 0.3) is 0 Å². The van der Waals surface area contributed by atoms with Gasteiger partial charge >= 0.3 is 6.03 Å². The highest BCUT2D eigenvalue weighted by molar-refractivity contribution is 5.89. The van der Waals surface area contributed by atoms with Crippen LogP contribution in [0.4, 0.5) is 10.5 Å². The van der Waals surface area contributed by atoms with Gasteiger partial charge in [-0.2, -0.15) is 0 Å². The number of amides is 2. The third kappa shape index (κ3) is 5.11. The molecule has 1 aromatic carbocycles. The first-order chi connectivity index (χ1) is 13.1. The number of aliphatic hydroxyl groups is 1. The Bertz CT molecular complexity index is 713. The van der Waals surface area contributed by atoms with E-state index in [1.54, 1.807) is 12.5 Å². The average molecular weight is 371 g/mol. The van der Waals surface area contributed by atoms with Gasteiger partial charge in [0.2, 0.25) is 0 Å². The van der Waals surface area contributed by atoms with E-state index < -0.39 is 0 Å². The Balaban J connectivity index is 1.59. The zero-order chi connectivity index (χ0) is 19.2. The van der Waals surface area contributed by atoms with Crippen LogP contribution in [-0.2, 0) is 6.54 Å². The van der Waals surface area contributed by atoms with E-state index in [4.69, 9.17) is 4.42 Å². The molecule has 2 N–H and O–H groups in total. The van der Waals surface area contributed by atoms with Crippen molar-refractivity contribution in [3.05, 3.63) is 54.0 Å². The SMILES string of the molecule is CC(C)c1ccc(NC(=O)N2CCN(Cc3ccoc3)[C@H](CCO)C2)cc1. The molecule has 6 heteroatoms. The molecule has 0 aliphatic carbocycles. The van der Waals surface area contributed by atoms with Crippen LogP contribution in [0.5, 0.6) is 0 Å². The molecule has 1 fully saturated rings. The van der Waals surface area contributed by atoms with E-state index in [9.17, 15) is 9.90 Å². The second-order valence-electron chi connectivity index (χ2n) is 7.42. The van der Waals surface area contributed by atoms with E-state index >= 15 is 0 Å². The fourth-order valence-electron chi connectivity index (χ4n) is 3.48. The number of furan rings is 1. The van der Waals surface area contributed by atoms with Crippen LogP contribution in [0.25, 0.3) is 0 Å². The summed E-state index contributed by atoms with van der Waals surface area (Å²) in [6.07, 6.45) is 4.06. The van der Waals surface area contributed by atoms with Gasteiger partial charge in [-0.1, -0.05) is 26.0 Å². The summed E-state index contributed by atoms with van der Waals surface area (Å²) in [5.41, 5.74) is 3.17. The molecule has 0 radical (unpaired) electrons. The highest BCUT2D eigenvalue weighted by atomic mass is 16.3. The van der Waals surface area contributed by atoms with Gasteiger partial charge in [-0.05, 0) is 36.1 Å². The topological polar surface area (TPSA) is 69.0 Å². The molecule has 27 heavy (non-hydrogen) atoms. The van der Waals surface area contributed by atoms with Gasteiger partial charge in [0.15, 0.2) is 0 Å². The molecular weight excluding hydrogens is 342 g/mol. The summed E-state index contributed by atoms with van der Waals surface area (Å²) in [5, 5.41) is 12.4. The second kappa shape index (κ2) is 9.06. The minimum Gasteiger partial charge on any atom is -0.472 e. The number of carbonyl (C=O) groups is 1. The van der Waals surface area contributed by atoms with Crippen LogP contribution >= 0.6 is 0 Å². The number of anilines is 1. The summed E-state index contributed by atoms with van der Waals surface area (Å²) in [4.78, 5) is 16.8.